The predicted octanol–water partition coefficient (Wildman–Crippen LogP) is 5.35. The summed E-state index contributed by atoms with van der Waals surface area (Å²) >= 11 is 0. The van der Waals surface area contributed by atoms with Crippen LogP contribution >= 0.6 is 0 Å². The van der Waals surface area contributed by atoms with E-state index in [2.05, 4.69) is 13.0 Å². The first-order valence-corrected chi connectivity index (χ1v) is 8.44. The topological polar surface area (TPSA) is 17.1 Å². The first-order valence-electron chi connectivity index (χ1n) is 8.44. The van der Waals surface area contributed by atoms with Gasteiger partial charge in [-0.3, -0.25) is 4.79 Å². The Balaban J connectivity index is 1.72. The van der Waals surface area contributed by atoms with E-state index in [1.165, 1.54) is 31.2 Å². The van der Waals surface area contributed by atoms with Crippen molar-refractivity contribution in [2.45, 2.75) is 70.1 Å². The summed E-state index contributed by atoms with van der Waals surface area (Å²) in [5, 5.41) is 0. The van der Waals surface area contributed by atoms with E-state index in [4.69, 9.17) is 0 Å². The fourth-order valence-corrected chi connectivity index (χ4v) is 3.97. The molecule has 3 rings (SSSR count). The van der Waals surface area contributed by atoms with E-state index in [1.54, 1.807) is 6.07 Å². The van der Waals surface area contributed by atoms with Gasteiger partial charge in [-0.15, -0.1) is 0 Å². The fourth-order valence-electron chi connectivity index (χ4n) is 3.97. The molecule has 0 saturated heterocycles. The zero-order valence-corrected chi connectivity index (χ0v) is 12.9. The Morgan fingerprint density at radius 2 is 1.62 bits per heavy atom. The lowest BCUT2D eigenvalue weighted by atomic mass is 9.78. The Kier molecular flexibility index (Phi) is 4.42. The highest BCUT2D eigenvalue weighted by molar-refractivity contribution is 5.79. The third-order valence-electron chi connectivity index (χ3n) is 5.49. The van der Waals surface area contributed by atoms with Crippen LogP contribution in [-0.4, -0.2) is 5.78 Å². The van der Waals surface area contributed by atoms with Crippen molar-refractivity contribution in [1.82, 2.24) is 0 Å². The number of hydrogen-bond acceptors (Lipinski definition) is 1. The van der Waals surface area contributed by atoms with E-state index in [1.807, 2.05) is 6.07 Å². The fraction of sp³-hybridized carbons (Fsp3) is 0.632. The second-order valence-electron chi connectivity index (χ2n) is 7.05. The first kappa shape index (κ1) is 14.7. The Morgan fingerprint density at radius 3 is 2.24 bits per heavy atom. The minimum atomic E-state index is -0.0505. The molecule has 0 unspecified atom stereocenters. The second-order valence-corrected chi connectivity index (χ2v) is 7.05. The van der Waals surface area contributed by atoms with Gasteiger partial charge in [-0.05, 0) is 60.6 Å². The van der Waals surface area contributed by atoms with Crippen LogP contribution in [0.1, 0.15) is 81.3 Å². The number of benzene rings is 1. The lowest BCUT2D eigenvalue weighted by Crippen LogP contribution is -2.14. The molecule has 2 heteroatoms. The van der Waals surface area contributed by atoms with Gasteiger partial charge in [0.1, 0.15) is 11.6 Å². The number of carbonyl (C=O) groups is 1. The van der Waals surface area contributed by atoms with Crippen LogP contribution < -0.4 is 0 Å². The SMILES string of the molecule is CC1CCC(c2ccc(C3CCC(=O)CC3)c(F)c2)CC1. The summed E-state index contributed by atoms with van der Waals surface area (Å²) in [6, 6.07) is 5.89. The maximum Gasteiger partial charge on any atom is 0.132 e. The van der Waals surface area contributed by atoms with Crippen molar-refractivity contribution in [2.24, 2.45) is 5.92 Å². The van der Waals surface area contributed by atoms with E-state index in [0.29, 0.717) is 24.5 Å². The molecule has 2 saturated carbocycles. The average Bonchev–Trinajstić information content (AvgIpc) is 2.49. The molecule has 2 fully saturated rings. The Bertz CT molecular complexity index is 504. The van der Waals surface area contributed by atoms with Gasteiger partial charge in [0.15, 0.2) is 0 Å². The molecule has 2 aliphatic rings. The van der Waals surface area contributed by atoms with Crippen molar-refractivity contribution in [3.63, 3.8) is 0 Å². The zero-order chi connectivity index (χ0) is 14.8. The summed E-state index contributed by atoms with van der Waals surface area (Å²) in [6.45, 7) is 2.31. The van der Waals surface area contributed by atoms with E-state index >= 15 is 0 Å². The molecule has 1 aromatic rings. The lowest BCUT2D eigenvalue weighted by molar-refractivity contribution is -0.120. The summed E-state index contributed by atoms with van der Waals surface area (Å²) in [6.07, 6.45) is 7.78. The summed E-state index contributed by atoms with van der Waals surface area (Å²) < 4.78 is 14.5. The van der Waals surface area contributed by atoms with Gasteiger partial charge in [0.2, 0.25) is 0 Å². The molecule has 0 bridgehead atoms. The third-order valence-corrected chi connectivity index (χ3v) is 5.49. The Morgan fingerprint density at radius 1 is 0.952 bits per heavy atom. The molecule has 21 heavy (non-hydrogen) atoms. The smallest absolute Gasteiger partial charge is 0.132 e. The Hall–Kier alpha value is -1.18. The van der Waals surface area contributed by atoms with E-state index < -0.39 is 0 Å². The molecule has 0 aromatic heterocycles. The van der Waals surface area contributed by atoms with Crippen LogP contribution in [0.25, 0.3) is 0 Å². The molecule has 0 aliphatic heterocycles. The standard InChI is InChI=1S/C19H25FO/c1-13-2-4-14(5-3-13)16-8-11-18(19(20)12-16)15-6-9-17(21)10-7-15/h8,11-15H,2-7,9-10H2,1H3. The number of hydrogen-bond donors (Lipinski definition) is 0. The molecule has 1 nitrogen and oxygen atoms in total. The average molecular weight is 288 g/mol. The van der Waals surface area contributed by atoms with Crippen LogP contribution in [0.2, 0.25) is 0 Å². The monoisotopic (exact) mass is 288 g/mol. The van der Waals surface area contributed by atoms with Gasteiger partial charge >= 0.3 is 0 Å². The summed E-state index contributed by atoms with van der Waals surface area (Å²) in [5.74, 6) is 1.89. The van der Waals surface area contributed by atoms with Gasteiger partial charge < -0.3 is 0 Å². The summed E-state index contributed by atoms with van der Waals surface area (Å²) in [5.41, 5.74) is 2.01. The number of halogens is 1. The van der Waals surface area contributed by atoms with Gasteiger partial charge in [0.05, 0.1) is 0 Å². The highest BCUT2D eigenvalue weighted by Crippen LogP contribution is 2.38. The van der Waals surface area contributed by atoms with Crippen LogP contribution in [0.4, 0.5) is 4.39 Å². The van der Waals surface area contributed by atoms with Gasteiger partial charge in [-0.25, -0.2) is 4.39 Å². The molecule has 0 heterocycles. The molecular formula is C19H25FO. The van der Waals surface area contributed by atoms with Gasteiger partial charge in [-0.2, -0.15) is 0 Å². The van der Waals surface area contributed by atoms with Crippen LogP contribution in [0.5, 0.6) is 0 Å². The Labute approximate surface area is 126 Å². The van der Waals surface area contributed by atoms with Crippen LogP contribution in [0.3, 0.4) is 0 Å². The summed E-state index contributed by atoms with van der Waals surface area (Å²) in [7, 11) is 0. The lowest BCUT2D eigenvalue weighted by Gasteiger charge is -2.27. The van der Waals surface area contributed by atoms with Crippen molar-refractivity contribution in [3.8, 4) is 0 Å². The molecule has 0 amide bonds. The third kappa shape index (κ3) is 3.36. The van der Waals surface area contributed by atoms with Crippen molar-refractivity contribution in [2.75, 3.05) is 0 Å². The number of carbonyl (C=O) groups excluding carboxylic acids is 1. The number of ketones is 1. The minimum absolute atomic E-state index is 0.0505. The van der Waals surface area contributed by atoms with Crippen molar-refractivity contribution < 1.29 is 9.18 Å². The quantitative estimate of drug-likeness (QED) is 0.717. The van der Waals surface area contributed by atoms with Gasteiger partial charge in [-0.1, -0.05) is 31.9 Å². The molecule has 0 atom stereocenters. The first-order chi connectivity index (χ1) is 10.1. The van der Waals surface area contributed by atoms with Crippen LogP contribution in [0.15, 0.2) is 18.2 Å². The maximum absolute atomic E-state index is 14.5. The predicted molar refractivity (Wildman–Crippen MR) is 83.0 cm³/mol. The molecule has 0 radical (unpaired) electrons. The van der Waals surface area contributed by atoms with E-state index in [0.717, 1.165) is 24.3 Å². The van der Waals surface area contributed by atoms with Crippen molar-refractivity contribution in [1.29, 1.82) is 0 Å². The molecular weight excluding hydrogens is 263 g/mol. The highest BCUT2D eigenvalue weighted by Gasteiger charge is 2.24. The van der Waals surface area contributed by atoms with Crippen LogP contribution in [-0.2, 0) is 4.79 Å². The van der Waals surface area contributed by atoms with Crippen LogP contribution in [0, 0.1) is 11.7 Å². The molecule has 114 valence electrons. The van der Waals surface area contributed by atoms with Crippen molar-refractivity contribution in [3.05, 3.63) is 35.1 Å². The number of rotatable bonds is 2. The van der Waals surface area contributed by atoms with Gasteiger partial charge in [0, 0.05) is 12.8 Å². The number of Topliss-reactive ketones (excluding diaryl/α,β-unsaturated/α-hetero) is 1. The highest BCUT2D eigenvalue weighted by atomic mass is 19.1. The molecule has 1 aromatic carbocycles. The van der Waals surface area contributed by atoms with Gasteiger partial charge in [0.25, 0.3) is 0 Å². The largest absolute Gasteiger partial charge is 0.300 e. The molecule has 0 spiro atoms. The zero-order valence-electron chi connectivity index (χ0n) is 12.9. The van der Waals surface area contributed by atoms with Crippen molar-refractivity contribution >= 4 is 5.78 Å². The molecule has 2 aliphatic carbocycles. The van der Waals surface area contributed by atoms with E-state index in [-0.39, 0.29) is 11.7 Å². The second kappa shape index (κ2) is 6.29. The minimum Gasteiger partial charge on any atom is -0.300 e. The maximum atomic E-state index is 14.5. The molecule has 0 N–H and O–H groups in total. The van der Waals surface area contributed by atoms with E-state index in [9.17, 15) is 9.18 Å². The normalized spacial score (nSPS) is 27.8. The summed E-state index contributed by atoms with van der Waals surface area (Å²) in [4.78, 5) is 11.3.